The van der Waals surface area contributed by atoms with Crippen molar-refractivity contribution in [2.45, 2.75) is 13.1 Å². The topological polar surface area (TPSA) is 82.2 Å². The summed E-state index contributed by atoms with van der Waals surface area (Å²) in [7, 11) is -1.87. The molecule has 0 saturated carbocycles. The third-order valence-corrected chi connectivity index (χ3v) is 6.47. The molecule has 0 fully saturated rings. The monoisotopic (exact) mass is 449 g/mol. The second-order valence-corrected chi connectivity index (χ2v) is 9.39. The lowest BCUT2D eigenvalue weighted by molar-refractivity contribution is -0.137. The standard InChI is InChI=1S/C20H18F3N5O2S/c1-3-31(29,30)12-13(8-15-11-28-7-5-4-6-17(28)25-15)18-26-16-9-14(20(21,22)23)10-24-19(16)27(18)2/h4-11H,3,12H2,1-2H3/b13-8+. The number of aryl methyl sites for hydroxylation is 1. The fraction of sp³-hybridized carbons (Fsp3) is 0.250. The summed E-state index contributed by atoms with van der Waals surface area (Å²) in [5.74, 6) is -0.202. The molecule has 0 aliphatic carbocycles. The molecular formula is C20H18F3N5O2S. The molecule has 0 unspecified atom stereocenters. The molecule has 11 heteroatoms. The first-order valence-electron chi connectivity index (χ1n) is 9.32. The van der Waals surface area contributed by atoms with Crippen molar-refractivity contribution in [3.05, 3.63) is 59.9 Å². The number of pyridine rings is 2. The molecule has 0 N–H and O–H groups in total. The molecular weight excluding hydrogens is 431 g/mol. The minimum atomic E-state index is -4.56. The van der Waals surface area contributed by atoms with Crippen molar-refractivity contribution in [3.63, 3.8) is 0 Å². The number of hydrogen-bond donors (Lipinski definition) is 0. The molecule has 7 nitrogen and oxygen atoms in total. The zero-order valence-corrected chi connectivity index (χ0v) is 17.4. The largest absolute Gasteiger partial charge is 0.417 e. The van der Waals surface area contributed by atoms with E-state index in [4.69, 9.17) is 0 Å². The van der Waals surface area contributed by atoms with Crippen LogP contribution in [0.5, 0.6) is 0 Å². The van der Waals surface area contributed by atoms with Gasteiger partial charge >= 0.3 is 6.18 Å². The molecule has 0 amide bonds. The van der Waals surface area contributed by atoms with E-state index in [1.807, 2.05) is 12.1 Å². The van der Waals surface area contributed by atoms with Gasteiger partial charge in [-0.2, -0.15) is 13.2 Å². The molecule has 31 heavy (non-hydrogen) atoms. The van der Waals surface area contributed by atoms with Gasteiger partial charge in [0.15, 0.2) is 15.5 Å². The van der Waals surface area contributed by atoms with Crippen LogP contribution in [0.2, 0.25) is 0 Å². The van der Waals surface area contributed by atoms with Crippen molar-refractivity contribution < 1.29 is 21.6 Å². The SMILES string of the molecule is CCS(=O)(=O)C/C(=C\c1cn2ccccc2n1)c1nc2cc(C(F)(F)F)cnc2n1C. The van der Waals surface area contributed by atoms with Crippen LogP contribution in [0.3, 0.4) is 0 Å². The molecule has 162 valence electrons. The summed E-state index contributed by atoms with van der Waals surface area (Å²) in [5, 5.41) is 0. The summed E-state index contributed by atoms with van der Waals surface area (Å²) >= 11 is 0. The molecule has 0 atom stereocenters. The van der Waals surface area contributed by atoms with E-state index in [2.05, 4.69) is 15.0 Å². The van der Waals surface area contributed by atoms with Crippen LogP contribution in [-0.4, -0.2) is 43.8 Å². The first kappa shape index (κ1) is 21.0. The quantitative estimate of drug-likeness (QED) is 0.465. The molecule has 0 aliphatic rings. The van der Waals surface area contributed by atoms with Crippen LogP contribution in [0.1, 0.15) is 24.0 Å². The minimum absolute atomic E-state index is 0.0297. The second kappa shape index (κ2) is 7.49. The van der Waals surface area contributed by atoms with Crippen LogP contribution in [0.25, 0.3) is 28.5 Å². The van der Waals surface area contributed by atoms with Crippen molar-refractivity contribution in [1.82, 2.24) is 23.9 Å². The summed E-state index contributed by atoms with van der Waals surface area (Å²) in [6.45, 7) is 1.53. The molecule has 0 saturated heterocycles. The first-order valence-corrected chi connectivity index (χ1v) is 11.1. The predicted octanol–water partition coefficient (Wildman–Crippen LogP) is 3.61. The molecule has 4 aromatic rings. The molecule has 0 bridgehead atoms. The van der Waals surface area contributed by atoms with Crippen LogP contribution < -0.4 is 0 Å². The Morgan fingerprint density at radius 1 is 1.23 bits per heavy atom. The van der Waals surface area contributed by atoms with Gasteiger partial charge < -0.3 is 8.97 Å². The van der Waals surface area contributed by atoms with Crippen molar-refractivity contribution >= 4 is 38.3 Å². The third-order valence-electron chi connectivity index (χ3n) is 4.84. The normalized spacial score (nSPS) is 13.4. The Balaban J connectivity index is 1.88. The zero-order valence-electron chi connectivity index (χ0n) is 16.6. The molecule has 4 rings (SSSR count). The third kappa shape index (κ3) is 4.18. The van der Waals surface area contributed by atoms with E-state index < -0.39 is 21.6 Å². The van der Waals surface area contributed by atoms with Gasteiger partial charge in [-0.15, -0.1) is 0 Å². The van der Waals surface area contributed by atoms with Gasteiger partial charge in [0.1, 0.15) is 17.0 Å². The average molecular weight is 449 g/mol. The van der Waals surface area contributed by atoms with Crippen molar-refractivity contribution in [2.75, 3.05) is 11.5 Å². The predicted molar refractivity (Wildman–Crippen MR) is 111 cm³/mol. The van der Waals surface area contributed by atoms with E-state index in [0.717, 1.165) is 12.3 Å². The number of aromatic nitrogens is 5. The summed E-state index contributed by atoms with van der Waals surface area (Å²) in [6.07, 6.45) is 1.31. The molecule has 0 radical (unpaired) electrons. The van der Waals surface area contributed by atoms with E-state index in [1.165, 1.54) is 11.5 Å². The first-order chi connectivity index (χ1) is 14.6. The maximum absolute atomic E-state index is 13.1. The van der Waals surface area contributed by atoms with Crippen molar-refractivity contribution in [2.24, 2.45) is 7.05 Å². The number of rotatable bonds is 5. The van der Waals surface area contributed by atoms with E-state index in [1.54, 1.807) is 36.0 Å². The van der Waals surface area contributed by atoms with Crippen LogP contribution in [0, 0.1) is 0 Å². The lowest BCUT2D eigenvalue weighted by atomic mass is 10.2. The second-order valence-electron chi connectivity index (χ2n) is 7.04. The molecule has 0 spiro atoms. The molecule has 4 heterocycles. The number of nitrogens with zero attached hydrogens (tertiary/aromatic N) is 5. The Labute approximate surface area is 175 Å². The Morgan fingerprint density at radius 2 is 2.00 bits per heavy atom. The van der Waals surface area contributed by atoms with Gasteiger partial charge in [0.05, 0.1) is 17.0 Å². The maximum Gasteiger partial charge on any atom is 0.417 e. The molecule has 0 aliphatic heterocycles. The Morgan fingerprint density at radius 3 is 2.68 bits per heavy atom. The van der Waals surface area contributed by atoms with Gasteiger partial charge in [0, 0.05) is 37.0 Å². The van der Waals surface area contributed by atoms with Crippen molar-refractivity contribution in [1.29, 1.82) is 0 Å². The summed E-state index contributed by atoms with van der Waals surface area (Å²) in [4.78, 5) is 12.6. The summed E-state index contributed by atoms with van der Waals surface area (Å²) in [5.41, 5.74) is 0.826. The van der Waals surface area contributed by atoms with Crippen LogP contribution in [0.15, 0.2) is 42.9 Å². The fourth-order valence-electron chi connectivity index (χ4n) is 3.23. The van der Waals surface area contributed by atoms with Gasteiger partial charge in [-0.25, -0.2) is 23.4 Å². The van der Waals surface area contributed by atoms with E-state index in [-0.39, 0.29) is 28.5 Å². The number of halogens is 3. The maximum atomic E-state index is 13.1. The number of sulfone groups is 1. The molecule has 4 aromatic heterocycles. The van der Waals surface area contributed by atoms with Crippen LogP contribution >= 0.6 is 0 Å². The smallest absolute Gasteiger partial charge is 0.312 e. The Bertz CT molecular complexity index is 1380. The van der Waals surface area contributed by atoms with Gasteiger partial charge in [-0.1, -0.05) is 13.0 Å². The lowest BCUT2D eigenvalue weighted by Crippen LogP contribution is -2.12. The van der Waals surface area contributed by atoms with Gasteiger partial charge in [-0.3, -0.25) is 0 Å². The number of fused-ring (bicyclic) bond motifs is 2. The summed E-state index contributed by atoms with van der Waals surface area (Å²) < 4.78 is 67.2. The highest BCUT2D eigenvalue weighted by molar-refractivity contribution is 7.91. The van der Waals surface area contributed by atoms with Crippen LogP contribution in [0.4, 0.5) is 13.2 Å². The van der Waals surface area contributed by atoms with E-state index in [9.17, 15) is 21.6 Å². The lowest BCUT2D eigenvalue weighted by Gasteiger charge is -2.08. The number of alkyl halides is 3. The van der Waals surface area contributed by atoms with Gasteiger partial charge in [0.2, 0.25) is 0 Å². The van der Waals surface area contributed by atoms with E-state index in [0.29, 0.717) is 16.9 Å². The van der Waals surface area contributed by atoms with Gasteiger partial charge in [0.25, 0.3) is 0 Å². The fourth-order valence-corrected chi connectivity index (χ4v) is 4.12. The highest BCUT2D eigenvalue weighted by atomic mass is 32.2. The Hall–Kier alpha value is -3.21. The highest BCUT2D eigenvalue weighted by Gasteiger charge is 2.32. The zero-order chi connectivity index (χ0) is 22.4. The highest BCUT2D eigenvalue weighted by Crippen LogP contribution is 2.31. The summed E-state index contributed by atoms with van der Waals surface area (Å²) in [6, 6.07) is 6.37. The van der Waals surface area contributed by atoms with Crippen molar-refractivity contribution in [3.8, 4) is 0 Å². The average Bonchev–Trinajstić information content (AvgIpc) is 3.26. The molecule has 0 aromatic carbocycles. The van der Waals surface area contributed by atoms with Crippen LogP contribution in [-0.2, 0) is 23.1 Å². The number of hydrogen-bond acceptors (Lipinski definition) is 5. The minimum Gasteiger partial charge on any atom is -0.312 e. The number of imidazole rings is 2. The van der Waals surface area contributed by atoms with Gasteiger partial charge in [-0.05, 0) is 24.3 Å². The Kier molecular flexibility index (Phi) is 5.08. The van der Waals surface area contributed by atoms with E-state index >= 15 is 0 Å².